The summed E-state index contributed by atoms with van der Waals surface area (Å²) in [6, 6.07) is 5.68. The van der Waals surface area contributed by atoms with Gasteiger partial charge in [0.25, 0.3) is 0 Å². The van der Waals surface area contributed by atoms with E-state index in [9.17, 15) is 0 Å². The number of halogens is 1. The van der Waals surface area contributed by atoms with Gasteiger partial charge in [0, 0.05) is 11.6 Å². The van der Waals surface area contributed by atoms with Gasteiger partial charge in [0.2, 0.25) is 0 Å². The number of hydrogen-bond donors (Lipinski definition) is 1. The van der Waals surface area contributed by atoms with E-state index in [1.807, 2.05) is 18.2 Å². The zero-order chi connectivity index (χ0) is 10.1. The third-order valence-corrected chi connectivity index (χ3v) is 2.93. The Morgan fingerprint density at radius 1 is 1.43 bits per heavy atom. The first-order valence-electron chi connectivity index (χ1n) is 4.10. The van der Waals surface area contributed by atoms with Crippen molar-refractivity contribution in [3.63, 3.8) is 0 Å². The Kier molecular flexibility index (Phi) is 2.45. The van der Waals surface area contributed by atoms with Crippen LogP contribution in [0.25, 0.3) is 10.9 Å². The molecule has 1 heterocycles. The summed E-state index contributed by atoms with van der Waals surface area (Å²) in [6.07, 6.45) is 1.77. The minimum Gasteiger partial charge on any atom is -0.497 e. The van der Waals surface area contributed by atoms with Crippen LogP contribution in [0.5, 0.6) is 5.75 Å². The number of ether oxygens (including phenoxy) is 1. The van der Waals surface area contributed by atoms with E-state index in [0.29, 0.717) is 0 Å². The number of nitrogen functional groups attached to an aromatic ring is 1. The fraction of sp³-hybridized carbons (Fsp3) is 0.100. The molecule has 14 heavy (non-hydrogen) atoms. The molecule has 0 saturated carbocycles. The Balaban J connectivity index is 2.78. The van der Waals surface area contributed by atoms with Crippen molar-refractivity contribution in [3.8, 4) is 5.75 Å². The first-order valence-corrected chi connectivity index (χ1v) is 5.18. The van der Waals surface area contributed by atoms with Gasteiger partial charge in [0.1, 0.15) is 5.75 Å². The van der Waals surface area contributed by atoms with Crippen molar-refractivity contribution in [2.75, 3.05) is 12.8 Å². The van der Waals surface area contributed by atoms with Crippen LogP contribution in [0.3, 0.4) is 0 Å². The highest BCUT2D eigenvalue weighted by atomic mass is 127. The van der Waals surface area contributed by atoms with Gasteiger partial charge >= 0.3 is 0 Å². The SMILES string of the molecule is COc1ccc2ncc(I)c(N)c2c1. The van der Waals surface area contributed by atoms with Crippen LogP contribution >= 0.6 is 22.6 Å². The lowest BCUT2D eigenvalue weighted by Gasteiger charge is -2.05. The van der Waals surface area contributed by atoms with Crippen LogP contribution in [0.1, 0.15) is 0 Å². The Morgan fingerprint density at radius 2 is 2.21 bits per heavy atom. The van der Waals surface area contributed by atoms with Gasteiger partial charge in [-0.3, -0.25) is 4.98 Å². The fourth-order valence-corrected chi connectivity index (χ4v) is 1.72. The predicted molar refractivity (Wildman–Crippen MR) is 65.4 cm³/mol. The van der Waals surface area contributed by atoms with Crippen molar-refractivity contribution < 1.29 is 4.74 Å². The van der Waals surface area contributed by atoms with Crippen LogP contribution < -0.4 is 10.5 Å². The molecule has 2 rings (SSSR count). The first-order chi connectivity index (χ1) is 6.72. The number of benzene rings is 1. The van der Waals surface area contributed by atoms with E-state index in [1.54, 1.807) is 13.3 Å². The number of hydrogen-bond acceptors (Lipinski definition) is 3. The van der Waals surface area contributed by atoms with E-state index in [1.165, 1.54) is 0 Å². The number of fused-ring (bicyclic) bond motifs is 1. The third kappa shape index (κ3) is 1.50. The largest absolute Gasteiger partial charge is 0.497 e. The van der Waals surface area contributed by atoms with E-state index < -0.39 is 0 Å². The molecule has 0 aliphatic rings. The van der Waals surface area contributed by atoms with E-state index >= 15 is 0 Å². The molecule has 0 aliphatic heterocycles. The third-order valence-electron chi connectivity index (χ3n) is 2.07. The van der Waals surface area contributed by atoms with Crippen LogP contribution in [0.15, 0.2) is 24.4 Å². The molecule has 3 nitrogen and oxygen atoms in total. The second-order valence-electron chi connectivity index (χ2n) is 2.90. The zero-order valence-corrected chi connectivity index (χ0v) is 9.78. The van der Waals surface area contributed by atoms with Crippen molar-refractivity contribution >= 4 is 39.2 Å². The van der Waals surface area contributed by atoms with Gasteiger partial charge in [0.15, 0.2) is 0 Å². The van der Waals surface area contributed by atoms with Crippen LogP contribution in [0.4, 0.5) is 5.69 Å². The highest BCUT2D eigenvalue weighted by molar-refractivity contribution is 14.1. The summed E-state index contributed by atoms with van der Waals surface area (Å²) in [7, 11) is 1.64. The molecular weight excluding hydrogens is 291 g/mol. The number of anilines is 1. The summed E-state index contributed by atoms with van der Waals surface area (Å²) in [4.78, 5) is 4.27. The quantitative estimate of drug-likeness (QED) is 0.823. The smallest absolute Gasteiger partial charge is 0.119 e. The van der Waals surface area contributed by atoms with Gasteiger partial charge in [-0.25, -0.2) is 0 Å². The molecule has 0 aliphatic carbocycles. The predicted octanol–water partition coefficient (Wildman–Crippen LogP) is 2.43. The standard InChI is InChI=1S/C10H9IN2O/c1-14-6-2-3-9-7(4-6)10(12)8(11)5-13-9/h2-5H,1H3,(H2,12,13). The second-order valence-corrected chi connectivity index (χ2v) is 4.07. The van der Waals surface area contributed by atoms with Crippen molar-refractivity contribution in [1.29, 1.82) is 0 Å². The summed E-state index contributed by atoms with van der Waals surface area (Å²) >= 11 is 2.17. The second kappa shape index (κ2) is 3.61. The summed E-state index contributed by atoms with van der Waals surface area (Å²) < 4.78 is 6.09. The number of pyridine rings is 1. The summed E-state index contributed by atoms with van der Waals surface area (Å²) in [6.45, 7) is 0. The average Bonchev–Trinajstić information content (AvgIpc) is 2.23. The average molecular weight is 300 g/mol. The summed E-state index contributed by atoms with van der Waals surface area (Å²) in [5, 5.41) is 0.941. The van der Waals surface area contributed by atoms with E-state index in [0.717, 1.165) is 25.9 Å². The zero-order valence-electron chi connectivity index (χ0n) is 7.62. The lowest BCUT2D eigenvalue weighted by molar-refractivity contribution is 0.415. The van der Waals surface area contributed by atoms with E-state index in [-0.39, 0.29) is 0 Å². The molecule has 0 amide bonds. The van der Waals surface area contributed by atoms with E-state index in [2.05, 4.69) is 27.6 Å². The molecule has 2 N–H and O–H groups in total. The Morgan fingerprint density at radius 3 is 2.93 bits per heavy atom. The van der Waals surface area contributed by atoms with Gasteiger partial charge in [-0.2, -0.15) is 0 Å². The molecule has 0 atom stereocenters. The molecular formula is C10H9IN2O. The molecule has 0 fully saturated rings. The summed E-state index contributed by atoms with van der Waals surface area (Å²) in [5.41, 5.74) is 7.59. The fourth-order valence-electron chi connectivity index (χ4n) is 1.29. The molecule has 0 unspecified atom stereocenters. The van der Waals surface area contributed by atoms with Gasteiger partial charge in [-0.05, 0) is 40.8 Å². The molecule has 0 radical (unpaired) electrons. The molecule has 2 aromatic rings. The maximum Gasteiger partial charge on any atom is 0.119 e. The van der Waals surface area contributed by atoms with Gasteiger partial charge in [0.05, 0.1) is 21.9 Å². The van der Waals surface area contributed by atoms with Crippen LogP contribution in [0, 0.1) is 3.57 Å². The lowest BCUT2D eigenvalue weighted by Crippen LogP contribution is -1.93. The molecule has 1 aromatic carbocycles. The number of nitrogens with two attached hydrogens (primary N) is 1. The van der Waals surface area contributed by atoms with Crippen molar-refractivity contribution in [1.82, 2.24) is 4.98 Å². The topological polar surface area (TPSA) is 48.1 Å². The van der Waals surface area contributed by atoms with Crippen LogP contribution in [0.2, 0.25) is 0 Å². The molecule has 1 aromatic heterocycles. The number of aromatic nitrogens is 1. The maximum atomic E-state index is 5.94. The monoisotopic (exact) mass is 300 g/mol. The van der Waals surface area contributed by atoms with Gasteiger partial charge in [-0.1, -0.05) is 0 Å². The first kappa shape index (κ1) is 9.51. The number of nitrogens with zero attached hydrogens (tertiary/aromatic N) is 1. The van der Waals surface area contributed by atoms with Gasteiger partial charge in [-0.15, -0.1) is 0 Å². The van der Waals surface area contributed by atoms with Crippen molar-refractivity contribution in [2.45, 2.75) is 0 Å². The Hall–Kier alpha value is -1.04. The molecule has 4 heteroatoms. The molecule has 72 valence electrons. The van der Waals surface area contributed by atoms with Gasteiger partial charge < -0.3 is 10.5 Å². The minimum absolute atomic E-state index is 0.759. The summed E-state index contributed by atoms with van der Waals surface area (Å²) in [5.74, 6) is 0.799. The Labute approximate surface area is 95.4 Å². The van der Waals surface area contributed by atoms with Crippen LogP contribution in [-0.4, -0.2) is 12.1 Å². The number of rotatable bonds is 1. The normalized spacial score (nSPS) is 10.4. The highest BCUT2D eigenvalue weighted by Crippen LogP contribution is 2.27. The Bertz CT molecular complexity index is 485. The van der Waals surface area contributed by atoms with E-state index in [4.69, 9.17) is 10.5 Å². The van der Waals surface area contributed by atoms with Crippen molar-refractivity contribution in [2.24, 2.45) is 0 Å². The maximum absolute atomic E-state index is 5.94. The molecule has 0 spiro atoms. The minimum atomic E-state index is 0.759. The van der Waals surface area contributed by atoms with Crippen molar-refractivity contribution in [3.05, 3.63) is 28.0 Å². The molecule has 0 bridgehead atoms. The molecule has 0 saturated heterocycles. The lowest BCUT2D eigenvalue weighted by atomic mass is 10.2. The highest BCUT2D eigenvalue weighted by Gasteiger charge is 2.04. The number of methoxy groups -OCH3 is 1. The van der Waals surface area contributed by atoms with Crippen LogP contribution in [-0.2, 0) is 0 Å².